The minimum atomic E-state index is -0.198. The standard InChI is InChI=1S/C18H17NO/c19-18(17-7-4-12-20-17)16-10-8-15(9-11-16)13-14-5-2-1-3-6-14/h1-12,18H,13,19H2. The first-order valence-corrected chi connectivity index (χ1v) is 6.75. The fourth-order valence-corrected chi connectivity index (χ4v) is 2.31. The fraction of sp³-hybridized carbons (Fsp3) is 0.111. The lowest BCUT2D eigenvalue weighted by atomic mass is 10.00. The number of furan rings is 1. The maximum atomic E-state index is 6.17. The summed E-state index contributed by atoms with van der Waals surface area (Å²) in [7, 11) is 0. The van der Waals surface area contributed by atoms with Gasteiger partial charge in [0, 0.05) is 0 Å². The van der Waals surface area contributed by atoms with E-state index < -0.39 is 0 Å². The predicted octanol–water partition coefficient (Wildman–Crippen LogP) is 3.92. The molecule has 2 N–H and O–H groups in total. The highest BCUT2D eigenvalue weighted by molar-refractivity contribution is 5.32. The van der Waals surface area contributed by atoms with Gasteiger partial charge in [0.15, 0.2) is 0 Å². The molecule has 2 heteroatoms. The summed E-state index contributed by atoms with van der Waals surface area (Å²) in [4.78, 5) is 0. The molecule has 3 aromatic rings. The molecule has 0 radical (unpaired) electrons. The summed E-state index contributed by atoms with van der Waals surface area (Å²) in [5.74, 6) is 0.792. The molecule has 1 unspecified atom stereocenters. The van der Waals surface area contributed by atoms with Crippen LogP contribution in [-0.4, -0.2) is 0 Å². The second-order valence-electron chi connectivity index (χ2n) is 4.90. The topological polar surface area (TPSA) is 39.2 Å². The van der Waals surface area contributed by atoms with Crippen LogP contribution in [-0.2, 0) is 6.42 Å². The number of benzene rings is 2. The van der Waals surface area contributed by atoms with Gasteiger partial charge in [-0.15, -0.1) is 0 Å². The normalized spacial score (nSPS) is 12.2. The molecule has 2 nitrogen and oxygen atoms in total. The van der Waals surface area contributed by atoms with E-state index >= 15 is 0 Å². The molecule has 0 aliphatic carbocycles. The molecule has 0 fully saturated rings. The molecule has 0 amide bonds. The second-order valence-corrected chi connectivity index (χ2v) is 4.90. The van der Waals surface area contributed by atoms with E-state index in [0.29, 0.717) is 0 Å². The Morgan fingerprint density at radius 3 is 2.15 bits per heavy atom. The number of nitrogens with two attached hydrogens (primary N) is 1. The molecule has 100 valence electrons. The molecule has 3 rings (SSSR count). The molecular formula is C18H17NO. The van der Waals surface area contributed by atoms with Crippen molar-refractivity contribution in [3.63, 3.8) is 0 Å². The maximum absolute atomic E-state index is 6.17. The molecule has 0 bridgehead atoms. The average Bonchev–Trinajstić information content (AvgIpc) is 3.03. The molecular weight excluding hydrogens is 246 g/mol. The zero-order valence-corrected chi connectivity index (χ0v) is 11.2. The molecule has 0 aliphatic heterocycles. The Bertz CT molecular complexity index is 642. The van der Waals surface area contributed by atoms with E-state index in [-0.39, 0.29) is 6.04 Å². The van der Waals surface area contributed by atoms with Crippen LogP contribution in [0.4, 0.5) is 0 Å². The average molecular weight is 263 g/mol. The molecule has 0 spiro atoms. The van der Waals surface area contributed by atoms with Crippen molar-refractivity contribution in [2.75, 3.05) is 0 Å². The third-order valence-corrected chi connectivity index (χ3v) is 3.44. The van der Waals surface area contributed by atoms with E-state index in [1.807, 2.05) is 18.2 Å². The van der Waals surface area contributed by atoms with E-state index in [4.69, 9.17) is 10.2 Å². The number of hydrogen-bond donors (Lipinski definition) is 1. The van der Waals surface area contributed by atoms with Crippen LogP contribution in [0.15, 0.2) is 77.4 Å². The molecule has 2 aromatic carbocycles. The largest absolute Gasteiger partial charge is 0.467 e. The fourth-order valence-electron chi connectivity index (χ4n) is 2.31. The SMILES string of the molecule is NC(c1ccc(Cc2ccccc2)cc1)c1ccco1. The Balaban J connectivity index is 1.75. The van der Waals surface area contributed by atoms with Crippen LogP contribution in [0.3, 0.4) is 0 Å². The molecule has 1 aromatic heterocycles. The Morgan fingerprint density at radius 2 is 1.50 bits per heavy atom. The summed E-state index contributed by atoms with van der Waals surface area (Å²) in [5.41, 5.74) is 9.84. The van der Waals surface area contributed by atoms with Gasteiger partial charge in [-0.3, -0.25) is 0 Å². The minimum Gasteiger partial charge on any atom is -0.467 e. The molecule has 0 saturated carbocycles. The molecule has 20 heavy (non-hydrogen) atoms. The smallest absolute Gasteiger partial charge is 0.124 e. The number of hydrogen-bond acceptors (Lipinski definition) is 2. The highest BCUT2D eigenvalue weighted by Crippen LogP contribution is 2.21. The van der Waals surface area contributed by atoms with Gasteiger partial charge >= 0.3 is 0 Å². The monoisotopic (exact) mass is 263 g/mol. The lowest BCUT2D eigenvalue weighted by Crippen LogP contribution is -2.10. The van der Waals surface area contributed by atoms with Crippen molar-refractivity contribution in [1.82, 2.24) is 0 Å². The van der Waals surface area contributed by atoms with Gasteiger partial charge in [0.1, 0.15) is 5.76 Å². The van der Waals surface area contributed by atoms with Crippen LogP contribution in [0.1, 0.15) is 28.5 Å². The Hall–Kier alpha value is -2.32. The van der Waals surface area contributed by atoms with Crippen LogP contribution < -0.4 is 5.73 Å². The third kappa shape index (κ3) is 2.81. The van der Waals surface area contributed by atoms with Crippen LogP contribution in [0.5, 0.6) is 0 Å². The van der Waals surface area contributed by atoms with Crippen molar-refractivity contribution in [2.24, 2.45) is 5.73 Å². The van der Waals surface area contributed by atoms with E-state index in [0.717, 1.165) is 17.7 Å². The maximum Gasteiger partial charge on any atom is 0.124 e. The van der Waals surface area contributed by atoms with Crippen molar-refractivity contribution in [3.8, 4) is 0 Å². The molecule has 0 saturated heterocycles. The van der Waals surface area contributed by atoms with Gasteiger partial charge in [0.05, 0.1) is 12.3 Å². The highest BCUT2D eigenvalue weighted by Gasteiger charge is 2.11. The van der Waals surface area contributed by atoms with E-state index in [1.165, 1.54) is 11.1 Å². The molecule has 1 atom stereocenters. The second kappa shape index (κ2) is 5.76. The van der Waals surface area contributed by atoms with Crippen molar-refractivity contribution < 1.29 is 4.42 Å². The summed E-state index contributed by atoms with van der Waals surface area (Å²) >= 11 is 0. The predicted molar refractivity (Wildman–Crippen MR) is 80.4 cm³/mol. The van der Waals surface area contributed by atoms with Gasteiger partial charge < -0.3 is 10.2 Å². The van der Waals surface area contributed by atoms with Crippen LogP contribution in [0.25, 0.3) is 0 Å². The first-order valence-electron chi connectivity index (χ1n) is 6.75. The first kappa shape index (κ1) is 12.7. The summed E-state index contributed by atoms with van der Waals surface area (Å²) < 4.78 is 5.35. The highest BCUT2D eigenvalue weighted by atomic mass is 16.3. The summed E-state index contributed by atoms with van der Waals surface area (Å²) in [5, 5.41) is 0. The quantitative estimate of drug-likeness (QED) is 0.775. The van der Waals surface area contributed by atoms with E-state index in [1.54, 1.807) is 6.26 Å². The van der Waals surface area contributed by atoms with Crippen molar-refractivity contribution in [1.29, 1.82) is 0 Å². The van der Waals surface area contributed by atoms with Gasteiger partial charge in [-0.1, -0.05) is 54.6 Å². The number of rotatable bonds is 4. The summed E-state index contributed by atoms with van der Waals surface area (Å²) in [6.45, 7) is 0. The third-order valence-electron chi connectivity index (χ3n) is 3.44. The lowest BCUT2D eigenvalue weighted by molar-refractivity contribution is 0.490. The summed E-state index contributed by atoms with van der Waals surface area (Å²) in [6.07, 6.45) is 2.59. The first-order chi connectivity index (χ1) is 9.83. The Kier molecular flexibility index (Phi) is 3.66. The Morgan fingerprint density at radius 1 is 0.800 bits per heavy atom. The molecule has 0 aliphatic rings. The molecule has 1 heterocycles. The van der Waals surface area contributed by atoms with Gasteiger partial charge in [0.25, 0.3) is 0 Å². The van der Waals surface area contributed by atoms with Crippen LogP contribution in [0, 0.1) is 0 Å². The van der Waals surface area contributed by atoms with E-state index in [2.05, 4.69) is 48.5 Å². The summed E-state index contributed by atoms with van der Waals surface area (Å²) in [6, 6.07) is 22.4. The zero-order valence-electron chi connectivity index (χ0n) is 11.2. The van der Waals surface area contributed by atoms with Crippen molar-refractivity contribution >= 4 is 0 Å². The zero-order chi connectivity index (χ0) is 13.8. The van der Waals surface area contributed by atoms with Crippen molar-refractivity contribution in [3.05, 3.63) is 95.4 Å². The van der Waals surface area contributed by atoms with Gasteiger partial charge in [-0.25, -0.2) is 0 Å². The van der Waals surface area contributed by atoms with Gasteiger partial charge in [-0.2, -0.15) is 0 Å². The van der Waals surface area contributed by atoms with Crippen LogP contribution >= 0.6 is 0 Å². The van der Waals surface area contributed by atoms with Gasteiger partial charge in [0.2, 0.25) is 0 Å². The van der Waals surface area contributed by atoms with E-state index in [9.17, 15) is 0 Å². The minimum absolute atomic E-state index is 0.198. The Labute approximate surface area is 118 Å². The van der Waals surface area contributed by atoms with Gasteiger partial charge in [-0.05, 0) is 35.2 Å². The van der Waals surface area contributed by atoms with Crippen LogP contribution in [0.2, 0.25) is 0 Å². The van der Waals surface area contributed by atoms with Crippen molar-refractivity contribution in [2.45, 2.75) is 12.5 Å². The lowest BCUT2D eigenvalue weighted by Gasteiger charge is -2.10.